The van der Waals surface area contributed by atoms with Gasteiger partial charge in [0.2, 0.25) is 16.8 Å². The lowest BCUT2D eigenvalue weighted by Gasteiger charge is -2.32. The highest BCUT2D eigenvalue weighted by Gasteiger charge is 2.32. The zero-order valence-corrected chi connectivity index (χ0v) is 16.9. The number of aryl methyl sites for hydroxylation is 2. The summed E-state index contributed by atoms with van der Waals surface area (Å²) in [6.45, 7) is 6.84. The summed E-state index contributed by atoms with van der Waals surface area (Å²) in [5.74, 6) is 1.38. The first-order valence-corrected chi connectivity index (χ1v) is 10.8. The molecule has 2 aliphatic rings. The summed E-state index contributed by atoms with van der Waals surface area (Å²) in [6, 6.07) is 8.83. The van der Waals surface area contributed by atoms with Crippen molar-refractivity contribution in [2.75, 3.05) is 33.0 Å². The van der Waals surface area contributed by atoms with Crippen LogP contribution in [0.15, 0.2) is 35.2 Å². The number of sulfonamides is 1. The van der Waals surface area contributed by atoms with Gasteiger partial charge in [-0.2, -0.15) is 4.31 Å². The van der Waals surface area contributed by atoms with Crippen LogP contribution in [0.3, 0.4) is 0 Å². The highest BCUT2D eigenvalue weighted by atomic mass is 32.2. The molecular weight excluding hydrogens is 380 g/mol. The van der Waals surface area contributed by atoms with Gasteiger partial charge in [0, 0.05) is 6.07 Å². The maximum Gasteiger partial charge on any atom is 0.243 e. The Balaban J connectivity index is 1.43. The molecule has 0 bridgehead atoms. The third-order valence-corrected chi connectivity index (χ3v) is 7.45. The minimum Gasteiger partial charge on any atom is -0.507 e. The lowest BCUT2D eigenvalue weighted by Crippen LogP contribution is -3.13. The Labute approximate surface area is 165 Å². The summed E-state index contributed by atoms with van der Waals surface area (Å²) < 4.78 is 38.2. The lowest BCUT2D eigenvalue weighted by atomic mass is 10.1. The van der Waals surface area contributed by atoms with E-state index >= 15 is 0 Å². The molecule has 0 amide bonds. The van der Waals surface area contributed by atoms with Gasteiger partial charge in [-0.05, 0) is 31.5 Å². The van der Waals surface area contributed by atoms with E-state index in [0.717, 1.165) is 16.7 Å². The number of nitrogens with one attached hydrogen (secondary N) is 1. The fourth-order valence-corrected chi connectivity index (χ4v) is 5.48. The van der Waals surface area contributed by atoms with Gasteiger partial charge in [-0.3, -0.25) is 0 Å². The third kappa shape index (κ3) is 3.55. The molecular formula is C20H25N2O5S+. The van der Waals surface area contributed by atoms with Gasteiger partial charge in [0.15, 0.2) is 11.5 Å². The van der Waals surface area contributed by atoms with Gasteiger partial charge >= 0.3 is 0 Å². The number of phenols is 1. The number of benzene rings is 2. The standard InChI is InChI=1S/C20H24N2O5S/c1-14-3-4-20(15(2)9-14)28(24,25)22-7-5-21(6-8-22)12-16-10-18-19(11-17(16)23)27-13-26-18/h3-4,9-11,23H,5-8,12-13H2,1-2H3/p+1. The van der Waals surface area contributed by atoms with Crippen LogP contribution in [0, 0.1) is 13.8 Å². The number of rotatable bonds is 4. The third-order valence-electron chi connectivity index (χ3n) is 5.39. The Morgan fingerprint density at radius 2 is 1.75 bits per heavy atom. The van der Waals surface area contributed by atoms with E-state index < -0.39 is 10.0 Å². The minimum absolute atomic E-state index is 0.167. The van der Waals surface area contributed by atoms with E-state index in [1.807, 2.05) is 32.0 Å². The average Bonchev–Trinajstić information content (AvgIpc) is 3.09. The van der Waals surface area contributed by atoms with Crippen molar-refractivity contribution < 1.29 is 27.9 Å². The number of quaternary nitrogens is 1. The van der Waals surface area contributed by atoms with Crippen molar-refractivity contribution in [1.82, 2.24) is 4.31 Å². The Bertz CT molecular complexity index is 998. The molecule has 0 aromatic heterocycles. The van der Waals surface area contributed by atoms with Crippen LogP contribution in [0.25, 0.3) is 0 Å². The maximum absolute atomic E-state index is 13.0. The molecule has 0 radical (unpaired) electrons. The van der Waals surface area contributed by atoms with Crippen molar-refractivity contribution in [2.45, 2.75) is 25.3 Å². The SMILES string of the molecule is Cc1ccc(S(=O)(=O)N2CC[NH+](Cc3cc4c(cc3O)OCO4)CC2)c(C)c1. The van der Waals surface area contributed by atoms with Gasteiger partial charge in [-0.1, -0.05) is 17.7 Å². The van der Waals surface area contributed by atoms with Crippen molar-refractivity contribution >= 4 is 10.0 Å². The first kappa shape index (κ1) is 19.0. The second-order valence-electron chi connectivity index (χ2n) is 7.43. The zero-order chi connectivity index (χ0) is 19.9. The number of nitrogens with zero attached hydrogens (tertiary/aromatic N) is 1. The topological polar surface area (TPSA) is 80.5 Å². The highest BCUT2D eigenvalue weighted by molar-refractivity contribution is 7.89. The Hall–Kier alpha value is -2.29. The van der Waals surface area contributed by atoms with E-state index in [1.165, 1.54) is 4.90 Å². The molecule has 0 spiro atoms. The van der Waals surface area contributed by atoms with Gasteiger partial charge in [-0.15, -0.1) is 0 Å². The largest absolute Gasteiger partial charge is 0.507 e. The second kappa shape index (κ2) is 7.27. The lowest BCUT2D eigenvalue weighted by molar-refractivity contribution is -0.917. The summed E-state index contributed by atoms with van der Waals surface area (Å²) in [5, 5.41) is 10.2. The molecule has 7 nitrogen and oxygen atoms in total. The second-order valence-corrected chi connectivity index (χ2v) is 9.34. The van der Waals surface area contributed by atoms with Crippen LogP contribution >= 0.6 is 0 Å². The number of hydrogen-bond acceptors (Lipinski definition) is 5. The molecule has 4 rings (SSSR count). The van der Waals surface area contributed by atoms with Crippen molar-refractivity contribution in [3.63, 3.8) is 0 Å². The van der Waals surface area contributed by atoms with Gasteiger partial charge in [0.05, 0.1) is 36.6 Å². The van der Waals surface area contributed by atoms with E-state index in [0.29, 0.717) is 49.1 Å². The van der Waals surface area contributed by atoms with Crippen LogP contribution < -0.4 is 14.4 Å². The quantitative estimate of drug-likeness (QED) is 0.788. The summed E-state index contributed by atoms with van der Waals surface area (Å²) in [7, 11) is -3.49. The number of fused-ring (bicyclic) bond motifs is 1. The molecule has 0 atom stereocenters. The molecule has 28 heavy (non-hydrogen) atoms. The summed E-state index contributed by atoms with van der Waals surface area (Å²) in [6.07, 6.45) is 0. The van der Waals surface area contributed by atoms with Gasteiger partial charge < -0.3 is 19.5 Å². The number of phenolic OH excluding ortho intramolecular Hbond substituents is 1. The normalized spacial score (nSPS) is 17.8. The molecule has 0 saturated carbocycles. The molecule has 0 aliphatic carbocycles. The van der Waals surface area contributed by atoms with Crippen molar-refractivity contribution in [3.8, 4) is 17.2 Å². The van der Waals surface area contributed by atoms with Crippen LogP contribution in [-0.2, 0) is 16.6 Å². The highest BCUT2D eigenvalue weighted by Crippen LogP contribution is 2.37. The van der Waals surface area contributed by atoms with Crippen LogP contribution in [0.1, 0.15) is 16.7 Å². The summed E-state index contributed by atoms with van der Waals surface area (Å²) in [5.41, 5.74) is 2.61. The number of hydrogen-bond donors (Lipinski definition) is 2. The minimum atomic E-state index is -3.49. The van der Waals surface area contributed by atoms with E-state index in [2.05, 4.69) is 0 Å². The van der Waals surface area contributed by atoms with E-state index in [9.17, 15) is 13.5 Å². The number of piperazine rings is 1. The van der Waals surface area contributed by atoms with Crippen molar-refractivity contribution in [3.05, 3.63) is 47.0 Å². The maximum atomic E-state index is 13.0. The summed E-state index contributed by atoms with van der Waals surface area (Å²) in [4.78, 5) is 1.61. The van der Waals surface area contributed by atoms with Gasteiger partial charge in [0.25, 0.3) is 0 Å². The average molecular weight is 405 g/mol. The van der Waals surface area contributed by atoms with Crippen LogP contribution in [0.4, 0.5) is 0 Å². The zero-order valence-electron chi connectivity index (χ0n) is 16.1. The molecule has 2 heterocycles. The number of aromatic hydroxyl groups is 1. The molecule has 1 saturated heterocycles. The molecule has 0 unspecified atom stereocenters. The predicted molar refractivity (Wildman–Crippen MR) is 103 cm³/mol. The number of ether oxygens (including phenoxy) is 2. The Morgan fingerprint density at radius 3 is 2.43 bits per heavy atom. The van der Waals surface area contributed by atoms with E-state index in [-0.39, 0.29) is 12.5 Å². The molecule has 2 aromatic carbocycles. The molecule has 1 fully saturated rings. The van der Waals surface area contributed by atoms with E-state index in [1.54, 1.807) is 16.4 Å². The Kier molecular flexibility index (Phi) is 4.95. The summed E-state index contributed by atoms with van der Waals surface area (Å²) >= 11 is 0. The molecule has 2 aliphatic heterocycles. The molecule has 2 aromatic rings. The van der Waals surface area contributed by atoms with Crippen molar-refractivity contribution in [2.24, 2.45) is 0 Å². The predicted octanol–water partition coefficient (Wildman–Crippen LogP) is 0.827. The van der Waals surface area contributed by atoms with Crippen LogP contribution in [0.5, 0.6) is 17.2 Å². The fraction of sp³-hybridized carbons (Fsp3) is 0.400. The Morgan fingerprint density at radius 1 is 1.07 bits per heavy atom. The first-order valence-electron chi connectivity index (χ1n) is 9.37. The van der Waals surface area contributed by atoms with E-state index in [4.69, 9.17) is 9.47 Å². The van der Waals surface area contributed by atoms with Crippen LogP contribution in [0.2, 0.25) is 0 Å². The monoisotopic (exact) mass is 405 g/mol. The van der Waals surface area contributed by atoms with Crippen LogP contribution in [-0.4, -0.2) is 50.8 Å². The van der Waals surface area contributed by atoms with Gasteiger partial charge in [0.1, 0.15) is 12.3 Å². The first-order chi connectivity index (χ1) is 13.3. The molecule has 8 heteroatoms. The molecule has 150 valence electrons. The van der Waals surface area contributed by atoms with Gasteiger partial charge in [-0.25, -0.2) is 8.42 Å². The fourth-order valence-electron chi connectivity index (χ4n) is 3.83. The van der Waals surface area contributed by atoms with Crippen molar-refractivity contribution in [1.29, 1.82) is 0 Å². The smallest absolute Gasteiger partial charge is 0.243 e. The molecule has 2 N–H and O–H groups in total.